The highest BCUT2D eigenvalue weighted by atomic mass is 79.9. The van der Waals surface area contributed by atoms with Crippen molar-refractivity contribution in [1.82, 2.24) is 19.6 Å². The van der Waals surface area contributed by atoms with Gasteiger partial charge in [-0.05, 0) is 34.1 Å². The standard InChI is InChI=1S/C15H12BrClFN5O/c1-22-13(5-6-19-22)15(24)20-14-10(16)8-23(21-14)7-9-11(17)3-2-4-12(9)18/h2-6,8H,7H2,1H3,(H,20,21,24). The first-order valence-corrected chi connectivity index (χ1v) is 8.08. The molecule has 24 heavy (non-hydrogen) atoms. The molecule has 0 spiro atoms. The molecule has 1 aromatic carbocycles. The molecule has 0 saturated heterocycles. The van der Waals surface area contributed by atoms with Crippen molar-refractivity contribution in [1.29, 1.82) is 0 Å². The summed E-state index contributed by atoms with van der Waals surface area (Å²) >= 11 is 9.35. The smallest absolute Gasteiger partial charge is 0.275 e. The van der Waals surface area contributed by atoms with Crippen LogP contribution in [0.25, 0.3) is 0 Å². The highest BCUT2D eigenvalue weighted by Gasteiger charge is 2.16. The molecule has 0 aliphatic carbocycles. The summed E-state index contributed by atoms with van der Waals surface area (Å²) in [6, 6.07) is 6.09. The zero-order valence-corrected chi connectivity index (χ0v) is 14.8. The molecular formula is C15H12BrClFN5O. The number of rotatable bonds is 4. The summed E-state index contributed by atoms with van der Waals surface area (Å²) in [6.45, 7) is 0.145. The molecule has 6 nitrogen and oxygen atoms in total. The van der Waals surface area contributed by atoms with Crippen LogP contribution in [-0.4, -0.2) is 25.5 Å². The molecule has 0 aliphatic heterocycles. The number of nitrogens with zero attached hydrogens (tertiary/aromatic N) is 4. The number of aromatic nitrogens is 4. The molecule has 1 amide bonds. The van der Waals surface area contributed by atoms with Crippen molar-refractivity contribution >= 4 is 39.3 Å². The maximum absolute atomic E-state index is 13.9. The molecule has 3 aromatic rings. The lowest BCUT2D eigenvalue weighted by molar-refractivity contribution is 0.101. The zero-order chi connectivity index (χ0) is 17.3. The van der Waals surface area contributed by atoms with Crippen LogP contribution in [0.15, 0.2) is 41.1 Å². The second kappa shape index (κ2) is 6.74. The third-order valence-corrected chi connectivity index (χ3v) is 4.32. The van der Waals surface area contributed by atoms with E-state index in [0.717, 1.165) is 0 Å². The van der Waals surface area contributed by atoms with Gasteiger partial charge in [0.25, 0.3) is 5.91 Å². The van der Waals surface area contributed by atoms with E-state index in [1.807, 2.05) is 0 Å². The van der Waals surface area contributed by atoms with Gasteiger partial charge >= 0.3 is 0 Å². The van der Waals surface area contributed by atoms with E-state index in [1.54, 1.807) is 31.4 Å². The van der Waals surface area contributed by atoms with E-state index >= 15 is 0 Å². The first kappa shape index (κ1) is 16.7. The second-order valence-corrected chi connectivity index (χ2v) is 6.28. The molecule has 2 aromatic heterocycles. The number of aryl methyl sites for hydroxylation is 1. The van der Waals surface area contributed by atoms with Crippen LogP contribution >= 0.6 is 27.5 Å². The van der Waals surface area contributed by atoms with Crippen molar-refractivity contribution in [3.8, 4) is 0 Å². The molecule has 0 bridgehead atoms. The molecule has 0 saturated carbocycles. The summed E-state index contributed by atoms with van der Waals surface area (Å²) in [4.78, 5) is 12.2. The van der Waals surface area contributed by atoms with Gasteiger partial charge in [-0.2, -0.15) is 10.2 Å². The number of carbonyl (C=O) groups excluding carboxylic acids is 1. The molecule has 0 aliphatic rings. The molecule has 0 fully saturated rings. The minimum absolute atomic E-state index is 0.145. The first-order chi connectivity index (χ1) is 11.5. The number of amides is 1. The van der Waals surface area contributed by atoms with Crippen molar-refractivity contribution in [3.63, 3.8) is 0 Å². The Balaban J connectivity index is 1.81. The van der Waals surface area contributed by atoms with E-state index in [-0.39, 0.29) is 12.5 Å². The van der Waals surface area contributed by atoms with Crippen LogP contribution < -0.4 is 5.32 Å². The lowest BCUT2D eigenvalue weighted by Gasteiger charge is -2.06. The number of hydrogen-bond acceptors (Lipinski definition) is 3. The van der Waals surface area contributed by atoms with Gasteiger partial charge in [0.15, 0.2) is 5.82 Å². The van der Waals surface area contributed by atoms with Crippen molar-refractivity contribution in [2.24, 2.45) is 7.05 Å². The van der Waals surface area contributed by atoms with E-state index in [9.17, 15) is 9.18 Å². The monoisotopic (exact) mass is 411 g/mol. The van der Waals surface area contributed by atoms with E-state index in [2.05, 4.69) is 31.4 Å². The van der Waals surface area contributed by atoms with Gasteiger partial charge in [0.2, 0.25) is 0 Å². The fraction of sp³-hybridized carbons (Fsp3) is 0.133. The summed E-state index contributed by atoms with van der Waals surface area (Å²) < 4.78 is 17.4. The molecule has 0 unspecified atom stereocenters. The number of benzene rings is 1. The molecule has 0 radical (unpaired) electrons. The average molecular weight is 413 g/mol. The Hall–Kier alpha value is -2.19. The predicted molar refractivity (Wildman–Crippen MR) is 91.6 cm³/mol. The molecule has 124 valence electrons. The van der Waals surface area contributed by atoms with Crippen LogP contribution in [0.3, 0.4) is 0 Å². The number of nitrogens with one attached hydrogen (secondary N) is 1. The molecule has 0 atom stereocenters. The van der Waals surface area contributed by atoms with E-state index in [0.29, 0.717) is 26.6 Å². The van der Waals surface area contributed by atoms with Gasteiger partial charge in [0, 0.05) is 30.0 Å². The van der Waals surface area contributed by atoms with Gasteiger partial charge in [-0.1, -0.05) is 17.7 Å². The van der Waals surface area contributed by atoms with Crippen LogP contribution in [0.4, 0.5) is 10.2 Å². The Bertz CT molecular complexity index is 887. The Morgan fingerprint density at radius 1 is 1.42 bits per heavy atom. The average Bonchev–Trinajstić information content (AvgIpc) is 3.09. The first-order valence-electron chi connectivity index (χ1n) is 6.91. The normalized spacial score (nSPS) is 10.8. The summed E-state index contributed by atoms with van der Waals surface area (Å²) in [6.07, 6.45) is 3.17. The fourth-order valence-corrected chi connectivity index (χ4v) is 2.81. The number of anilines is 1. The van der Waals surface area contributed by atoms with Gasteiger partial charge in [0.1, 0.15) is 11.5 Å². The van der Waals surface area contributed by atoms with Crippen molar-refractivity contribution < 1.29 is 9.18 Å². The maximum atomic E-state index is 13.9. The number of halogens is 3. The maximum Gasteiger partial charge on any atom is 0.275 e. The van der Waals surface area contributed by atoms with Crippen LogP contribution in [0.5, 0.6) is 0 Å². The van der Waals surface area contributed by atoms with Gasteiger partial charge in [-0.25, -0.2) is 4.39 Å². The van der Waals surface area contributed by atoms with Crippen molar-refractivity contribution in [2.75, 3.05) is 5.32 Å². The highest BCUT2D eigenvalue weighted by molar-refractivity contribution is 9.10. The van der Waals surface area contributed by atoms with E-state index < -0.39 is 5.82 Å². The summed E-state index contributed by atoms with van der Waals surface area (Å²) in [5.41, 5.74) is 0.729. The Morgan fingerprint density at radius 3 is 2.88 bits per heavy atom. The third kappa shape index (κ3) is 3.34. The SMILES string of the molecule is Cn1nccc1C(=O)Nc1nn(Cc2c(F)cccc2Cl)cc1Br. The fourth-order valence-electron chi connectivity index (χ4n) is 2.18. The largest absolute Gasteiger partial charge is 0.303 e. The van der Waals surface area contributed by atoms with Gasteiger partial charge in [-0.3, -0.25) is 14.2 Å². The minimum Gasteiger partial charge on any atom is -0.303 e. The zero-order valence-electron chi connectivity index (χ0n) is 12.5. The Kier molecular flexibility index (Phi) is 4.68. The summed E-state index contributed by atoms with van der Waals surface area (Å²) in [5, 5.41) is 11.2. The van der Waals surface area contributed by atoms with Crippen LogP contribution in [-0.2, 0) is 13.6 Å². The lowest BCUT2D eigenvalue weighted by Crippen LogP contribution is -2.17. The van der Waals surface area contributed by atoms with Crippen LogP contribution in [0.2, 0.25) is 5.02 Å². The van der Waals surface area contributed by atoms with Gasteiger partial charge in [-0.15, -0.1) is 0 Å². The van der Waals surface area contributed by atoms with Gasteiger partial charge in [0.05, 0.1) is 11.0 Å². The van der Waals surface area contributed by atoms with E-state index in [4.69, 9.17) is 11.6 Å². The van der Waals surface area contributed by atoms with Crippen LogP contribution in [0, 0.1) is 5.82 Å². The van der Waals surface area contributed by atoms with E-state index in [1.165, 1.54) is 21.6 Å². The second-order valence-electron chi connectivity index (χ2n) is 5.02. The molecule has 1 N–H and O–H groups in total. The molecule has 9 heteroatoms. The Morgan fingerprint density at radius 2 is 2.21 bits per heavy atom. The Labute approximate surface area is 150 Å². The van der Waals surface area contributed by atoms with Crippen molar-refractivity contribution in [2.45, 2.75) is 6.54 Å². The summed E-state index contributed by atoms with van der Waals surface area (Å²) in [7, 11) is 1.67. The summed E-state index contributed by atoms with van der Waals surface area (Å²) in [5.74, 6) is -0.423. The highest BCUT2D eigenvalue weighted by Crippen LogP contribution is 2.24. The topological polar surface area (TPSA) is 64.7 Å². The number of carbonyl (C=O) groups is 1. The van der Waals surface area contributed by atoms with Crippen LogP contribution in [0.1, 0.15) is 16.1 Å². The van der Waals surface area contributed by atoms with Gasteiger partial charge < -0.3 is 5.32 Å². The number of hydrogen-bond donors (Lipinski definition) is 1. The minimum atomic E-state index is -0.408. The third-order valence-electron chi connectivity index (χ3n) is 3.38. The molecule has 2 heterocycles. The predicted octanol–water partition coefficient (Wildman–Crippen LogP) is 3.47. The molecular weight excluding hydrogens is 401 g/mol. The quantitative estimate of drug-likeness (QED) is 0.713. The van der Waals surface area contributed by atoms with Crippen molar-refractivity contribution in [3.05, 3.63) is 63.2 Å². The lowest BCUT2D eigenvalue weighted by atomic mass is 10.2. The molecule has 3 rings (SSSR count).